The van der Waals surface area contributed by atoms with Crippen molar-refractivity contribution >= 4 is 34.9 Å². The molecule has 0 unspecified atom stereocenters. The van der Waals surface area contributed by atoms with Gasteiger partial charge >= 0.3 is 0 Å². The van der Waals surface area contributed by atoms with Gasteiger partial charge in [0.15, 0.2) is 11.6 Å². The van der Waals surface area contributed by atoms with Crippen LogP contribution < -0.4 is 10.5 Å². The number of nitrogens with zero attached hydrogens (tertiary/aromatic N) is 3. The van der Waals surface area contributed by atoms with E-state index in [0.717, 1.165) is 36.2 Å². The van der Waals surface area contributed by atoms with Crippen LogP contribution in [0.4, 0.5) is 5.82 Å². The van der Waals surface area contributed by atoms with Crippen LogP contribution in [0.2, 0.25) is 10.0 Å². The normalized spacial score (nSPS) is 15.8. The van der Waals surface area contributed by atoms with Gasteiger partial charge in [0.25, 0.3) is 5.91 Å². The van der Waals surface area contributed by atoms with Crippen molar-refractivity contribution in [3.63, 3.8) is 0 Å². The van der Waals surface area contributed by atoms with Crippen molar-refractivity contribution in [1.29, 1.82) is 0 Å². The Bertz CT molecular complexity index is 1150. The lowest BCUT2D eigenvalue weighted by molar-refractivity contribution is 0.0783. The molecule has 8 heteroatoms. The van der Waals surface area contributed by atoms with Crippen molar-refractivity contribution in [1.82, 2.24) is 14.8 Å². The van der Waals surface area contributed by atoms with Crippen molar-refractivity contribution in [2.75, 3.05) is 32.9 Å². The zero-order valence-corrected chi connectivity index (χ0v) is 20.1. The topological polar surface area (TPSA) is 71.7 Å². The van der Waals surface area contributed by atoms with E-state index >= 15 is 0 Å². The Hall–Kier alpha value is -2.80. The molecule has 1 aromatic heterocycles. The van der Waals surface area contributed by atoms with E-state index in [2.05, 4.69) is 24.0 Å². The highest BCUT2D eigenvalue weighted by molar-refractivity contribution is 6.35. The third kappa shape index (κ3) is 5.41. The van der Waals surface area contributed by atoms with Crippen LogP contribution in [-0.4, -0.2) is 53.9 Å². The second kappa shape index (κ2) is 10.00. The minimum Gasteiger partial charge on any atom is -0.485 e. The molecular formula is C25H26Cl2N4O2. The number of anilines is 1. The Labute approximate surface area is 203 Å². The van der Waals surface area contributed by atoms with Gasteiger partial charge in [-0.15, -0.1) is 0 Å². The SMILES string of the molecule is CN(C)[C@H]1CCN(C(=O)c2ccc(-c3cnc(N)c(OCc4ccc(Cl)cc4Cl)c3)cc2)C1. The highest BCUT2D eigenvalue weighted by Gasteiger charge is 2.28. The highest BCUT2D eigenvalue weighted by Crippen LogP contribution is 2.29. The summed E-state index contributed by atoms with van der Waals surface area (Å²) >= 11 is 12.2. The molecule has 0 bridgehead atoms. The van der Waals surface area contributed by atoms with Crippen molar-refractivity contribution in [3.05, 3.63) is 75.9 Å². The fraction of sp³-hybridized carbons (Fsp3) is 0.280. The van der Waals surface area contributed by atoms with E-state index in [9.17, 15) is 4.79 Å². The molecule has 1 saturated heterocycles. The first-order valence-corrected chi connectivity index (χ1v) is 11.5. The number of ether oxygens (including phenoxy) is 1. The lowest BCUT2D eigenvalue weighted by Crippen LogP contribution is -2.34. The van der Waals surface area contributed by atoms with Gasteiger partial charge in [-0.3, -0.25) is 4.79 Å². The number of likely N-dealkylation sites (tertiary alicyclic amines) is 1. The second-order valence-electron chi connectivity index (χ2n) is 8.37. The summed E-state index contributed by atoms with van der Waals surface area (Å²) in [4.78, 5) is 21.2. The summed E-state index contributed by atoms with van der Waals surface area (Å²) < 4.78 is 5.88. The molecule has 0 radical (unpaired) electrons. The summed E-state index contributed by atoms with van der Waals surface area (Å²) in [5.74, 6) is 0.816. The predicted octanol–water partition coefficient (Wildman–Crippen LogP) is 4.99. The molecule has 1 aliphatic heterocycles. The lowest BCUT2D eigenvalue weighted by Gasteiger charge is -2.20. The molecule has 33 heavy (non-hydrogen) atoms. The van der Waals surface area contributed by atoms with Crippen LogP contribution in [0.1, 0.15) is 22.3 Å². The van der Waals surface area contributed by atoms with Crippen molar-refractivity contribution in [2.45, 2.75) is 19.1 Å². The van der Waals surface area contributed by atoms with E-state index in [0.29, 0.717) is 33.2 Å². The molecular weight excluding hydrogens is 459 g/mol. The third-order valence-corrected chi connectivity index (χ3v) is 6.51. The quantitative estimate of drug-likeness (QED) is 0.533. The summed E-state index contributed by atoms with van der Waals surface area (Å²) in [6.07, 6.45) is 2.69. The molecule has 1 aliphatic rings. The predicted molar refractivity (Wildman–Crippen MR) is 133 cm³/mol. The lowest BCUT2D eigenvalue weighted by atomic mass is 10.0. The maximum absolute atomic E-state index is 12.9. The van der Waals surface area contributed by atoms with Crippen LogP contribution in [0.25, 0.3) is 11.1 Å². The molecule has 2 heterocycles. The van der Waals surface area contributed by atoms with Crippen LogP contribution >= 0.6 is 23.2 Å². The summed E-state index contributed by atoms with van der Waals surface area (Å²) in [5.41, 5.74) is 9.25. The largest absolute Gasteiger partial charge is 0.485 e. The molecule has 2 aromatic carbocycles. The number of amides is 1. The zero-order chi connectivity index (χ0) is 23.5. The number of carbonyl (C=O) groups excluding carboxylic acids is 1. The molecule has 1 atom stereocenters. The first-order valence-electron chi connectivity index (χ1n) is 10.7. The number of hydrogen-bond donors (Lipinski definition) is 1. The van der Waals surface area contributed by atoms with Crippen LogP contribution in [0.15, 0.2) is 54.7 Å². The number of carbonyl (C=O) groups is 1. The summed E-state index contributed by atoms with van der Waals surface area (Å²) in [5, 5.41) is 1.09. The molecule has 172 valence electrons. The van der Waals surface area contributed by atoms with Crippen LogP contribution in [0.3, 0.4) is 0 Å². The van der Waals surface area contributed by atoms with Crippen molar-refractivity contribution in [3.8, 4) is 16.9 Å². The molecule has 6 nitrogen and oxygen atoms in total. The fourth-order valence-corrected chi connectivity index (χ4v) is 4.32. The van der Waals surface area contributed by atoms with Gasteiger partial charge in [0.05, 0.1) is 0 Å². The number of likely N-dealkylation sites (N-methyl/N-ethyl adjacent to an activating group) is 1. The zero-order valence-electron chi connectivity index (χ0n) is 18.6. The van der Waals surface area contributed by atoms with Gasteiger partial charge in [0.1, 0.15) is 6.61 Å². The van der Waals surface area contributed by atoms with Gasteiger partial charge in [-0.25, -0.2) is 4.98 Å². The van der Waals surface area contributed by atoms with E-state index < -0.39 is 0 Å². The molecule has 1 amide bonds. The van der Waals surface area contributed by atoms with Gasteiger partial charge in [-0.1, -0.05) is 41.4 Å². The monoisotopic (exact) mass is 484 g/mol. The average molecular weight is 485 g/mol. The minimum absolute atomic E-state index is 0.0604. The number of hydrogen-bond acceptors (Lipinski definition) is 5. The van der Waals surface area contributed by atoms with E-state index in [-0.39, 0.29) is 12.5 Å². The average Bonchev–Trinajstić information content (AvgIpc) is 3.30. The number of nitrogens with two attached hydrogens (primary N) is 1. The number of pyridine rings is 1. The molecule has 3 aromatic rings. The standard InChI is InChI=1S/C25H26Cl2N4O2/c1-30(2)21-9-10-31(14-21)25(32)17-5-3-16(4-6-17)19-11-23(24(28)29-13-19)33-15-18-7-8-20(26)12-22(18)27/h3-8,11-13,21H,9-10,14-15H2,1-2H3,(H2,28,29)/t21-/m0/s1. The van der Waals surface area contributed by atoms with Gasteiger partial charge in [0, 0.05) is 52.1 Å². The van der Waals surface area contributed by atoms with Gasteiger partial charge in [-0.05, 0) is 56.4 Å². The Morgan fingerprint density at radius 2 is 1.91 bits per heavy atom. The summed E-state index contributed by atoms with van der Waals surface area (Å²) in [7, 11) is 4.10. The Morgan fingerprint density at radius 3 is 2.58 bits per heavy atom. The number of halogens is 2. The van der Waals surface area contributed by atoms with E-state index in [1.807, 2.05) is 41.3 Å². The molecule has 0 spiro atoms. The number of aromatic nitrogens is 1. The highest BCUT2D eigenvalue weighted by atomic mass is 35.5. The molecule has 0 aliphatic carbocycles. The van der Waals surface area contributed by atoms with Crippen LogP contribution in [0, 0.1) is 0 Å². The Morgan fingerprint density at radius 1 is 1.15 bits per heavy atom. The number of rotatable bonds is 6. The molecule has 4 rings (SSSR count). The van der Waals surface area contributed by atoms with Gasteiger partial charge in [0.2, 0.25) is 0 Å². The molecule has 0 saturated carbocycles. The van der Waals surface area contributed by atoms with E-state index in [4.69, 9.17) is 33.7 Å². The first kappa shape index (κ1) is 23.4. The Kier molecular flexibility index (Phi) is 7.08. The van der Waals surface area contributed by atoms with Gasteiger partial charge in [-0.2, -0.15) is 0 Å². The minimum atomic E-state index is 0.0604. The maximum Gasteiger partial charge on any atom is 0.253 e. The molecule has 1 fully saturated rings. The van der Waals surface area contributed by atoms with Gasteiger partial charge < -0.3 is 20.3 Å². The number of benzene rings is 2. The fourth-order valence-electron chi connectivity index (χ4n) is 3.86. The summed E-state index contributed by atoms with van der Waals surface area (Å²) in [6.45, 7) is 1.78. The summed E-state index contributed by atoms with van der Waals surface area (Å²) in [6, 6.07) is 15.0. The van der Waals surface area contributed by atoms with Crippen molar-refractivity contribution in [2.24, 2.45) is 0 Å². The van der Waals surface area contributed by atoms with E-state index in [1.165, 1.54) is 0 Å². The second-order valence-corrected chi connectivity index (χ2v) is 9.21. The third-order valence-electron chi connectivity index (χ3n) is 5.93. The first-order chi connectivity index (χ1) is 15.8. The van der Waals surface area contributed by atoms with E-state index in [1.54, 1.807) is 18.3 Å². The maximum atomic E-state index is 12.9. The van der Waals surface area contributed by atoms with Crippen molar-refractivity contribution < 1.29 is 9.53 Å². The van der Waals surface area contributed by atoms with Crippen LogP contribution in [0.5, 0.6) is 5.75 Å². The molecule has 2 N–H and O–H groups in total. The smallest absolute Gasteiger partial charge is 0.253 e. The number of nitrogen functional groups attached to an aromatic ring is 1. The Balaban J connectivity index is 1.46. The van der Waals surface area contributed by atoms with Crippen LogP contribution in [-0.2, 0) is 6.61 Å².